The van der Waals surface area contributed by atoms with Gasteiger partial charge in [-0.1, -0.05) is 60.9 Å². The smallest absolute Gasteiger partial charge is 0.0604 e. The number of benzene rings is 2. The summed E-state index contributed by atoms with van der Waals surface area (Å²) in [7, 11) is 2.09. The van der Waals surface area contributed by atoms with Crippen molar-refractivity contribution in [2.75, 3.05) is 7.05 Å². The third-order valence-electron chi connectivity index (χ3n) is 5.80. The molecule has 0 saturated carbocycles. The number of nitrogens with one attached hydrogen (secondary N) is 2. The van der Waals surface area contributed by atoms with Crippen LogP contribution in [0.15, 0.2) is 36.4 Å². The van der Waals surface area contributed by atoms with Gasteiger partial charge in [-0.3, -0.25) is 5.32 Å². The van der Waals surface area contributed by atoms with Crippen molar-refractivity contribution >= 4 is 0 Å². The van der Waals surface area contributed by atoms with Crippen molar-refractivity contribution in [3.05, 3.63) is 69.8 Å². The fraction of sp³-hybridized carbons (Fsp3) is 0.500. The normalized spacial score (nSPS) is 17.8. The molecule has 3 rings (SSSR count). The highest BCUT2D eigenvalue weighted by atomic mass is 15.1. The van der Waals surface area contributed by atoms with E-state index in [1.54, 1.807) is 5.56 Å². The summed E-state index contributed by atoms with van der Waals surface area (Å²) in [6, 6.07) is 13.9. The molecule has 0 amide bonds. The van der Waals surface area contributed by atoms with Gasteiger partial charge in [0, 0.05) is 6.54 Å². The molecule has 0 heterocycles. The predicted molar refractivity (Wildman–Crippen MR) is 112 cm³/mol. The van der Waals surface area contributed by atoms with Crippen LogP contribution in [-0.4, -0.2) is 13.2 Å². The van der Waals surface area contributed by atoms with E-state index >= 15 is 0 Å². The summed E-state index contributed by atoms with van der Waals surface area (Å²) >= 11 is 0. The molecule has 2 unspecified atom stereocenters. The minimum absolute atomic E-state index is 0.361. The molecule has 2 heteroatoms. The first-order valence-electron chi connectivity index (χ1n) is 10.2. The van der Waals surface area contributed by atoms with E-state index in [0.717, 1.165) is 6.54 Å². The number of hydrogen-bond donors (Lipinski definition) is 2. The summed E-state index contributed by atoms with van der Waals surface area (Å²) in [6.45, 7) is 7.59. The van der Waals surface area contributed by atoms with E-state index < -0.39 is 0 Å². The van der Waals surface area contributed by atoms with Crippen LogP contribution < -0.4 is 10.6 Å². The molecule has 0 aliphatic heterocycles. The van der Waals surface area contributed by atoms with Crippen LogP contribution in [0.1, 0.15) is 53.1 Å². The Hall–Kier alpha value is -1.64. The Labute approximate surface area is 159 Å². The fourth-order valence-electron chi connectivity index (χ4n) is 4.35. The van der Waals surface area contributed by atoms with Crippen molar-refractivity contribution in [3.63, 3.8) is 0 Å². The lowest BCUT2D eigenvalue weighted by Crippen LogP contribution is -2.47. The second kappa shape index (κ2) is 8.83. The van der Waals surface area contributed by atoms with E-state index in [9.17, 15) is 0 Å². The van der Waals surface area contributed by atoms with E-state index in [1.165, 1.54) is 59.9 Å². The van der Waals surface area contributed by atoms with Gasteiger partial charge in [0.15, 0.2) is 0 Å². The fourth-order valence-corrected chi connectivity index (χ4v) is 4.35. The Morgan fingerprint density at radius 3 is 2.54 bits per heavy atom. The third-order valence-corrected chi connectivity index (χ3v) is 5.80. The third kappa shape index (κ3) is 4.55. The molecule has 26 heavy (non-hydrogen) atoms. The molecular weight excluding hydrogens is 316 g/mol. The van der Waals surface area contributed by atoms with Crippen molar-refractivity contribution in [3.8, 4) is 0 Å². The summed E-state index contributed by atoms with van der Waals surface area (Å²) in [5.74, 6) is 0.648. The molecular formula is C24H34N2. The Morgan fingerprint density at radius 1 is 1.00 bits per heavy atom. The van der Waals surface area contributed by atoms with Gasteiger partial charge in [-0.2, -0.15) is 0 Å². The monoisotopic (exact) mass is 350 g/mol. The number of aryl methyl sites for hydroxylation is 4. The summed E-state index contributed by atoms with van der Waals surface area (Å²) in [5.41, 5.74) is 8.79. The molecule has 1 aliphatic rings. The SMILES string of the molecule is CCCc1cc(C)ccc1CNC(NC)C1CCc2cc(C)ccc2C1. The maximum absolute atomic E-state index is 3.80. The Morgan fingerprint density at radius 2 is 1.77 bits per heavy atom. The first-order valence-corrected chi connectivity index (χ1v) is 10.2. The highest BCUT2D eigenvalue weighted by molar-refractivity contribution is 5.34. The molecule has 2 nitrogen and oxygen atoms in total. The zero-order valence-corrected chi connectivity index (χ0v) is 16.9. The summed E-state index contributed by atoms with van der Waals surface area (Å²) in [5, 5.41) is 7.34. The number of hydrogen-bond acceptors (Lipinski definition) is 2. The second-order valence-corrected chi connectivity index (χ2v) is 7.94. The lowest BCUT2D eigenvalue weighted by atomic mass is 9.81. The quantitative estimate of drug-likeness (QED) is 0.708. The highest BCUT2D eigenvalue weighted by Gasteiger charge is 2.25. The summed E-state index contributed by atoms with van der Waals surface area (Å²) < 4.78 is 0. The van der Waals surface area contributed by atoms with E-state index in [2.05, 4.69) is 74.9 Å². The lowest BCUT2D eigenvalue weighted by molar-refractivity contribution is 0.285. The van der Waals surface area contributed by atoms with Gasteiger partial charge in [-0.05, 0) is 74.8 Å². The van der Waals surface area contributed by atoms with Crippen molar-refractivity contribution in [1.82, 2.24) is 10.6 Å². The molecule has 140 valence electrons. The molecule has 0 radical (unpaired) electrons. The molecule has 2 N–H and O–H groups in total. The minimum atomic E-state index is 0.361. The molecule has 1 aliphatic carbocycles. The largest absolute Gasteiger partial charge is 0.305 e. The maximum atomic E-state index is 3.80. The van der Waals surface area contributed by atoms with Gasteiger partial charge in [0.1, 0.15) is 0 Å². The first kappa shape index (κ1) is 19.1. The van der Waals surface area contributed by atoms with Crippen LogP contribution in [0.4, 0.5) is 0 Å². The van der Waals surface area contributed by atoms with Gasteiger partial charge >= 0.3 is 0 Å². The standard InChI is InChI=1S/C24H34N2/c1-5-6-19-13-18(3)8-10-23(19)16-26-24(25-4)22-12-11-20-14-17(2)7-9-21(20)15-22/h7-10,13-14,22,24-26H,5-6,11-12,15-16H2,1-4H3. The van der Waals surface area contributed by atoms with E-state index in [4.69, 9.17) is 0 Å². The average Bonchev–Trinajstić information content (AvgIpc) is 2.64. The van der Waals surface area contributed by atoms with Gasteiger partial charge in [0.05, 0.1) is 6.17 Å². The molecule has 2 aromatic rings. The number of rotatable bonds is 7. The van der Waals surface area contributed by atoms with Crippen molar-refractivity contribution in [2.45, 2.75) is 65.6 Å². The second-order valence-electron chi connectivity index (χ2n) is 7.94. The Kier molecular flexibility index (Phi) is 6.50. The highest BCUT2D eigenvalue weighted by Crippen LogP contribution is 2.28. The van der Waals surface area contributed by atoms with Crippen LogP contribution in [0.2, 0.25) is 0 Å². The van der Waals surface area contributed by atoms with E-state index in [0.29, 0.717) is 12.1 Å². The molecule has 0 saturated heterocycles. The van der Waals surface area contributed by atoms with Gasteiger partial charge in [0.2, 0.25) is 0 Å². The van der Waals surface area contributed by atoms with Crippen LogP contribution >= 0.6 is 0 Å². The predicted octanol–water partition coefficient (Wildman–Crippen LogP) is 4.70. The van der Waals surface area contributed by atoms with Gasteiger partial charge < -0.3 is 5.32 Å². The molecule has 0 aromatic heterocycles. The number of fused-ring (bicyclic) bond motifs is 1. The zero-order valence-electron chi connectivity index (χ0n) is 16.9. The molecule has 2 atom stereocenters. The van der Waals surface area contributed by atoms with Gasteiger partial charge in [-0.15, -0.1) is 0 Å². The Bertz CT molecular complexity index is 735. The molecule has 0 spiro atoms. The zero-order chi connectivity index (χ0) is 18.5. The average molecular weight is 351 g/mol. The summed E-state index contributed by atoms with van der Waals surface area (Å²) in [4.78, 5) is 0. The van der Waals surface area contributed by atoms with Crippen LogP contribution in [0, 0.1) is 19.8 Å². The van der Waals surface area contributed by atoms with E-state index in [-0.39, 0.29) is 0 Å². The summed E-state index contributed by atoms with van der Waals surface area (Å²) in [6.07, 6.45) is 6.35. The maximum Gasteiger partial charge on any atom is 0.0604 e. The van der Waals surface area contributed by atoms with E-state index in [1.807, 2.05) is 0 Å². The van der Waals surface area contributed by atoms with Gasteiger partial charge in [-0.25, -0.2) is 0 Å². The van der Waals surface area contributed by atoms with Crippen LogP contribution in [-0.2, 0) is 25.8 Å². The first-order chi connectivity index (χ1) is 12.6. The minimum Gasteiger partial charge on any atom is -0.305 e. The Balaban J connectivity index is 1.66. The van der Waals surface area contributed by atoms with Gasteiger partial charge in [0.25, 0.3) is 0 Å². The molecule has 0 fully saturated rings. The molecule has 0 bridgehead atoms. The van der Waals surface area contributed by atoms with Crippen molar-refractivity contribution < 1.29 is 0 Å². The van der Waals surface area contributed by atoms with Crippen LogP contribution in [0.5, 0.6) is 0 Å². The van der Waals surface area contributed by atoms with Crippen molar-refractivity contribution in [1.29, 1.82) is 0 Å². The lowest BCUT2D eigenvalue weighted by Gasteiger charge is -2.32. The van der Waals surface area contributed by atoms with Crippen LogP contribution in [0.3, 0.4) is 0 Å². The molecule has 2 aromatic carbocycles. The topological polar surface area (TPSA) is 24.1 Å². The van der Waals surface area contributed by atoms with Crippen molar-refractivity contribution in [2.24, 2.45) is 5.92 Å². The van der Waals surface area contributed by atoms with Crippen LogP contribution in [0.25, 0.3) is 0 Å².